The van der Waals surface area contributed by atoms with Crippen LogP contribution in [0.4, 0.5) is 4.39 Å². The zero-order chi connectivity index (χ0) is 16.4. The highest BCUT2D eigenvalue weighted by molar-refractivity contribution is 6.45. The van der Waals surface area contributed by atoms with Crippen molar-refractivity contribution in [2.75, 3.05) is 0 Å². The Labute approximate surface area is 132 Å². The Morgan fingerprint density at radius 3 is 2.52 bits per heavy atom. The Morgan fingerprint density at radius 2 is 1.78 bits per heavy atom. The van der Waals surface area contributed by atoms with E-state index >= 15 is 0 Å². The van der Waals surface area contributed by atoms with Crippen molar-refractivity contribution in [2.24, 2.45) is 0 Å². The molecule has 0 saturated carbocycles. The minimum atomic E-state index is -0.679. The number of carbonyl (C=O) groups is 2. The van der Waals surface area contributed by atoms with Crippen LogP contribution in [-0.4, -0.2) is 16.7 Å². The van der Waals surface area contributed by atoms with E-state index in [0.29, 0.717) is 11.3 Å². The first-order valence-corrected chi connectivity index (χ1v) is 7.20. The molecule has 0 bridgehead atoms. The second kappa shape index (κ2) is 6.04. The molecular weight excluding hydrogens is 295 g/mol. The fourth-order valence-electron chi connectivity index (χ4n) is 2.55. The third-order valence-electron chi connectivity index (χ3n) is 3.69. The molecule has 0 aliphatic rings. The van der Waals surface area contributed by atoms with Crippen molar-refractivity contribution >= 4 is 22.6 Å². The first-order chi connectivity index (χ1) is 11.1. The molecule has 2 aromatic carbocycles. The van der Waals surface area contributed by atoms with Gasteiger partial charge in [0.1, 0.15) is 5.82 Å². The fourth-order valence-corrected chi connectivity index (χ4v) is 2.55. The quantitative estimate of drug-likeness (QED) is 0.574. The molecule has 1 amide bonds. The number of benzene rings is 2. The molecule has 1 aromatic heterocycles. The molecule has 0 aliphatic heterocycles. The number of amides is 1. The second-order valence-electron chi connectivity index (χ2n) is 5.31. The van der Waals surface area contributed by atoms with Gasteiger partial charge in [-0.25, -0.2) is 4.39 Å². The van der Waals surface area contributed by atoms with Crippen molar-refractivity contribution in [3.05, 3.63) is 71.2 Å². The van der Waals surface area contributed by atoms with Gasteiger partial charge in [-0.2, -0.15) is 0 Å². The van der Waals surface area contributed by atoms with Gasteiger partial charge in [-0.05, 0) is 30.7 Å². The van der Waals surface area contributed by atoms with Crippen LogP contribution in [-0.2, 0) is 11.3 Å². The van der Waals surface area contributed by atoms with Crippen LogP contribution in [0.1, 0.15) is 21.6 Å². The number of rotatable bonds is 4. The van der Waals surface area contributed by atoms with Crippen molar-refractivity contribution in [1.82, 2.24) is 10.3 Å². The third kappa shape index (κ3) is 2.99. The average Bonchev–Trinajstić information content (AvgIpc) is 2.89. The molecule has 0 radical (unpaired) electrons. The van der Waals surface area contributed by atoms with E-state index in [4.69, 9.17) is 0 Å². The highest BCUT2D eigenvalue weighted by Crippen LogP contribution is 2.22. The Morgan fingerprint density at radius 1 is 1.09 bits per heavy atom. The van der Waals surface area contributed by atoms with E-state index in [1.807, 2.05) is 18.2 Å². The van der Waals surface area contributed by atoms with E-state index in [1.165, 1.54) is 12.1 Å². The van der Waals surface area contributed by atoms with Crippen LogP contribution in [0.3, 0.4) is 0 Å². The number of hydrogen-bond donors (Lipinski definition) is 2. The first-order valence-electron chi connectivity index (χ1n) is 7.20. The molecule has 0 atom stereocenters. The summed E-state index contributed by atoms with van der Waals surface area (Å²) in [5.74, 6) is -1.60. The zero-order valence-corrected chi connectivity index (χ0v) is 12.5. The number of aromatic amines is 1. The van der Waals surface area contributed by atoms with Crippen LogP contribution in [0.2, 0.25) is 0 Å². The standard InChI is InChI=1S/C18H15FN2O2/c1-11-16(14-4-2-3-5-15(14)21-11)17(22)18(23)20-10-12-6-8-13(19)9-7-12/h2-9,21H,10H2,1H3,(H,20,23). The molecule has 4 nitrogen and oxygen atoms in total. The normalized spacial score (nSPS) is 10.7. The van der Waals surface area contributed by atoms with Crippen LogP contribution in [0, 0.1) is 12.7 Å². The lowest BCUT2D eigenvalue weighted by molar-refractivity contribution is -0.117. The maximum Gasteiger partial charge on any atom is 0.292 e. The summed E-state index contributed by atoms with van der Waals surface area (Å²) in [5, 5.41) is 3.30. The number of fused-ring (bicyclic) bond motifs is 1. The average molecular weight is 310 g/mol. The van der Waals surface area contributed by atoms with E-state index in [-0.39, 0.29) is 12.4 Å². The lowest BCUT2D eigenvalue weighted by Gasteiger charge is -2.05. The van der Waals surface area contributed by atoms with Gasteiger partial charge < -0.3 is 10.3 Å². The van der Waals surface area contributed by atoms with Crippen molar-refractivity contribution in [2.45, 2.75) is 13.5 Å². The number of nitrogens with one attached hydrogen (secondary N) is 2. The lowest BCUT2D eigenvalue weighted by atomic mass is 10.1. The van der Waals surface area contributed by atoms with Gasteiger partial charge in [-0.1, -0.05) is 30.3 Å². The number of Topliss-reactive ketones (excluding diaryl/α,β-unsaturated/α-hetero) is 1. The molecule has 2 N–H and O–H groups in total. The maximum absolute atomic E-state index is 12.8. The molecule has 1 heterocycles. The van der Waals surface area contributed by atoms with Gasteiger partial charge in [0.05, 0.1) is 5.56 Å². The Bertz CT molecular complexity index is 882. The minimum absolute atomic E-state index is 0.173. The molecule has 0 fully saturated rings. The van der Waals surface area contributed by atoms with Gasteiger partial charge in [-0.15, -0.1) is 0 Å². The molecule has 116 valence electrons. The second-order valence-corrected chi connectivity index (χ2v) is 5.31. The van der Waals surface area contributed by atoms with E-state index in [1.54, 1.807) is 25.1 Å². The topological polar surface area (TPSA) is 62.0 Å². The summed E-state index contributed by atoms with van der Waals surface area (Å²) < 4.78 is 12.8. The van der Waals surface area contributed by atoms with E-state index < -0.39 is 11.7 Å². The summed E-state index contributed by atoms with van der Waals surface area (Å²) in [6.07, 6.45) is 0. The van der Waals surface area contributed by atoms with Crippen LogP contribution < -0.4 is 5.32 Å². The summed E-state index contributed by atoms with van der Waals surface area (Å²) in [4.78, 5) is 27.7. The molecule has 0 saturated heterocycles. The fraction of sp³-hybridized carbons (Fsp3) is 0.111. The Balaban J connectivity index is 1.77. The van der Waals surface area contributed by atoms with E-state index in [2.05, 4.69) is 10.3 Å². The van der Waals surface area contributed by atoms with Gasteiger partial charge in [-0.3, -0.25) is 9.59 Å². The Kier molecular flexibility index (Phi) is 3.93. The predicted molar refractivity (Wildman–Crippen MR) is 85.6 cm³/mol. The summed E-state index contributed by atoms with van der Waals surface area (Å²) in [6.45, 7) is 1.94. The van der Waals surface area contributed by atoms with Crippen molar-refractivity contribution in [3.63, 3.8) is 0 Å². The SMILES string of the molecule is Cc1[nH]c2ccccc2c1C(=O)C(=O)NCc1ccc(F)cc1. The number of halogens is 1. The number of aryl methyl sites for hydroxylation is 1. The van der Waals surface area contributed by atoms with E-state index in [9.17, 15) is 14.0 Å². The van der Waals surface area contributed by atoms with E-state index in [0.717, 1.165) is 16.5 Å². The molecule has 0 aliphatic carbocycles. The smallest absolute Gasteiger partial charge is 0.292 e. The van der Waals surface area contributed by atoms with Gasteiger partial charge in [0.2, 0.25) is 0 Å². The van der Waals surface area contributed by atoms with Gasteiger partial charge in [0.25, 0.3) is 11.7 Å². The Hall–Kier alpha value is -2.95. The maximum atomic E-state index is 12.8. The van der Waals surface area contributed by atoms with Crippen LogP contribution in [0.15, 0.2) is 48.5 Å². The van der Waals surface area contributed by atoms with Gasteiger partial charge >= 0.3 is 0 Å². The minimum Gasteiger partial charge on any atom is -0.358 e. The van der Waals surface area contributed by atoms with Gasteiger partial charge in [0, 0.05) is 23.1 Å². The molecule has 5 heteroatoms. The summed E-state index contributed by atoms with van der Waals surface area (Å²) in [5.41, 5.74) is 2.59. The predicted octanol–water partition coefficient (Wildman–Crippen LogP) is 3.11. The molecule has 3 aromatic rings. The van der Waals surface area contributed by atoms with Crippen LogP contribution >= 0.6 is 0 Å². The number of para-hydroxylation sites is 1. The van der Waals surface area contributed by atoms with Crippen molar-refractivity contribution < 1.29 is 14.0 Å². The first kappa shape index (κ1) is 15.0. The third-order valence-corrected chi connectivity index (χ3v) is 3.69. The highest BCUT2D eigenvalue weighted by Gasteiger charge is 2.22. The zero-order valence-electron chi connectivity index (χ0n) is 12.5. The highest BCUT2D eigenvalue weighted by atomic mass is 19.1. The number of H-pyrrole nitrogens is 1. The van der Waals surface area contributed by atoms with Gasteiger partial charge in [0.15, 0.2) is 0 Å². The van der Waals surface area contributed by atoms with Crippen molar-refractivity contribution in [3.8, 4) is 0 Å². The van der Waals surface area contributed by atoms with Crippen LogP contribution in [0.25, 0.3) is 10.9 Å². The number of carbonyl (C=O) groups excluding carboxylic acids is 2. The monoisotopic (exact) mass is 310 g/mol. The van der Waals surface area contributed by atoms with Crippen molar-refractivity contribution in [1.29, 1.82) is 0 Å². The lowest BCUT2D eigenvalue weighted by Crippen LogP contribution is -2.30. The number of ketones is 1. The molecule has 3 rings (SSSR count). The molecule has 0 spiro atoms. The summed E-state index contributed by atoms with van der Waals surface area (Å²) in [7, 11) is 0. The largest absolute Gasteiger partial charge is 0.358 e. The number of hydrogen-bond acceptors (Lipinski definition) is 2. The summed E-state index contributed by atoms with van der Waals surface area (Å²) in [6, 6.07) is 13.1. The number of aromatic nitrogens is 1. The molecule has 0 unspecified atom stereocenters. The summed E-state index contributed by atoms with van der Waals surface area (Å²) >= 11 is 0. The molecular formula is C18H15FN2O2. The van der Waals surface area contributed by atoms with Crippen LogP contribution in [0.5, 0.6) is 0 Å². The molecule has 23 heavy (non-hydrogen) atoms.